The number of aryl methyl sites for hydroxylation is 2. The van der Waals surface area contributed by atoms with Crippen molar-refractivity contribution >= 4 is 83.6 Å². The summed E-state index contributed by atoms with van der Waals surface area (Å²) in [6, 6.07) is 93.7. The highest BCUT2D eigenvalue weighted by Crippen LogP contribution is 2.47. The largest absolute Gasteiger partial charge is 0.314 e. The number of anilines is 5. The number of allylic oxidation sites excluding steroid dienone is 7. The number of fused-ring (bicyclic) bond motifs is 7. The third-order valence-electron chi connectivity index (χ3n) is 16.8. The Kier molecular flexibility index (Phi) is 17.0. The maximum absolute atomic E-state index is 4.18. The third kappa shape index (κ3) is 11.0. The fourth-order valence-corrected chi connectivity index (χ4v) is 12.8. The van der Waals surface area contributed by atoms with E-state index in [1.54, 1.807) is 6.08 Å². The zero-order chi connectivity index (χ0) is 60.7. The van der Waals surface area contributed by atoms with Gasteiger partial charge in [-0.05, 0) is 211 Å². The molecule has 0 amide bonds. The molecule has 4 heteroatoms. The lowest BCUT2D eigenvalue weighted by Crippen LogP contribution is -2.20. The summed E-state index contributed by atoms with van der Waals surface area (Å²) in [6.07, 6.45) is 14.1. The first-order valence-electron chi connectivity index (χ1n) is 30.8. The minimum Gasteiger partial charge on any atom is -0.314 e. The van der Waals surface area contributed by atoms with Crippen LogP contribution in [0.15, 0.2) is 304 Å². The van der Waals surface area contributed by atoms with Crippen LogP contribution >= 0.6 is 0 Å². The molecule has 430 valence electrons. The van der Waals surface area contributed by atoms with Crippen molar-refractivity contribution in [1.29, 1.82) is 0 Å². The summed E-state index contributed by atoms with van der Waals surface area (Å²) >= 11 is 0. The molecule has 11 aromatic carbocycles. The monoisotopic (exact) mass is 1140 g/mol. The van der Waals surface area contributed by atoms with Crippen molar-refractivity contribution in [2.45, 2.75) is 54.4 Å². The predicted octanol–water partition coefficient (Wildman–Crippen LogP) is 23.8. The number of rotatable bonds is 13. The quantitative estimate of drug-likeness (QED) is 0.0845. The van der Waals surface area contributed by atoms with Gasteiger partial charge in [-0.1, -0.05) is 196 Å². The molecule has 0 saturated carbocycles. The number of para-hydroxylation sites is 5. The van der Waals surface area contributed by atoms with E-state index in [2.05, 4.69) is 319 Å². The Balaban J connectivity index is 0.00000146. The molecule has 0 spiro atoms. The Morgan fingerprint density at radius 1 is 0.443 bits per heavy atom. The average Bonchev–Trinajstić information content (AvgIpc) is 1.62. The Labute approximate surface area is 519 Å². The maximum atomic E-state index is 4.18. The first kappa shape index (κ1) is 57.7. The smallest absolute Gasteiger partial charge is 0.0547 e. The van der Waals surface area contributed by atoms with Crippen molar-refractivity contribution in [3.05, 3.63) is 332 Å². The summed E-state index contributed by atoms with van der Waals surface area (Å²) in [6.45, 7) is 20.0. The van der Waals surface area contributed by atoms with Gasteiger partial charge in [-0.25, -0.2) is 0 Å². The summed E-state index contributed by atoms with van der Waals surface area (Å²) in [5.41, 5.74) is 24.6. The van der Waals surface area contributed by atoms with Crippen LogP contribution in [0.3, 0.4) is 0 Å². The Hall–Kier alpha value is -10.7. The van der Waals surface area contributed by atoms with Crippen molar-refractivity contribution in [3.63, 3.8) is 0 Å². The third-order valence-corrected chi connectivity index (χ3v) is 16.8. The molecular formula is C84H74N4. The first-order chi connectivity index (χ1) is 43.3. The number of aromatic nitrogens is 2. The second kappa shape index (κ2) is 25.9. The molecule has 88 heavy (non-hydrogen) atoms. The number of hydrogen-bond donors (Lipinski definition) is 0. The lowest BCUT2D eigenvalue weighted by molar-refractivity contribution is 0.838. The van der Waals surface area contributed by atoms with E-state index in [0.29, 0.717) is 0 Å². The molecule has 2 aromatic heterocycles. The van der Waals surface area contributed by atoms with Gasteiger partial charge in [0.05, 0.1) is 16.6 Å². The van der Waals surface area contributed by atoms with E-state index in [1.807, 2.05) is 39.8 Å². The van der Waals surface area contributed by atoms with Gasteiger partial charge in [-0.15, -0.1) is 6.58 Å². The van der Waals surface area contributed by atoms with Crippen LogP contribution in [0.5, 0.6) is 0 Å². The summed E-state index contributed by atoms with van der Waals surface area (Å²) in [4.78, 5) is 4.92. The molecule has 0 aliphatic heterocycles. The van der Waals surface area contributed by atoms with Crippen molar-refractivity contribution in [3.8, 4) is 33.6 Å². The molecule has 14 rings (SSSR count). The van der Waals surface area contributed by atoms with Gasteiger partial charge in [0.2, 0.25) is 0 Å². The standard InChI is InChI=1S/C79H62N4.C3H6.C2H6/c1-5-7-25-56(6-2)57-37-41-65(42-38-57)80(61-26-12-8-13-27-61)67-47-60(48-68(51-67)81(62-28-14-9-15-29-62)66-43-46-78-74(52-66)71-35-22-23-36-76(71)82(78)63-30-16-10-17-31-63)58-40-45-77-73(49-58)75-53-72-55(4)70(69-34-21-20-24-54(69)3)44-39-59(72)50-79(75)83(77)64-32-18-11-19-33-64;1-3-2;1-2/h5-42,44-45,47-53H,2,43,46H2,1,3-4H3;3H,1H2,2H3;1-2H3/b7-5-,56-25+;;. The summed E-state index contributed by atoms with van der Waals surface area (Å²) in [7, 11) is 0. The average molecular weight is 1140 g/mol. The second-order valence-electron chi connectivity index (χ2n) is 22.1. The zero-order valence-corrected chi connectivity index (χ0v) is 51.3. The first-order valence-corrected chi connectivity index (χ1v) is 30.8. The molecule has 0 N–H and O–H groups in total. The number of hydrogen-bond acceptors (Lipinski definition) is 2. The van der Waals surface area contributed by atoms with Gasteiger partial charge < -0.3 is 18.9 Å². The van der Waals surface area contributed by atoms with Crippen LogP contribution in [0, 0.1) is 13.8 Å². The van der Waals surface area contributed by atoms with Gasteiger partial charge in [0.1, 0.15) is 0 Å². The van der Waals surface area contributed by atoms with Crippen molar-refractivity contribution in [2.75, 3.05) is 9.80 Å². The zero-order valence-electron chi connectivity index (χ0n) is 51.3. The SMILES string of the molecule is C=C/C(=C\C=C/C)c1ccc(N(c2ccccc2)c2cc(-c3ccc4c(c3)c3cc5c(C)c(-c6ccccc6C)ccc5cc3n4-c3ccccc3)cc(N(C3=Cc4c(n(-c5ccccc5)c5ccccc45)CC3)c3ccccc3)c2)cc1.C=CC.CC. The van der Waals surface area contributed by atoms with Gasteiger partial charge in [0, 0.05) is 72.9 Å². The molecule has 4 nitrogen and oxygen atoms in total. The van der Waals surface area contributed by atoms with Crippen LogP contribution in [0.2, 0.25) is 0 Å². The molecule has 0 bridgehead atoms. The molecule has 1 aliphatic carbocycles. The molecule has 0 unspecified atom stereocenters. The highest BCUT2D eigenvalue weighted by molar-refractivity contribution is 6.15. The minimum absolute atomic E-state index is 0.838. The van der Waals surface area contributed by atoms with E-state index < -0.39 is 0 Å². The Bertz CT molecular complexity index is 4750. The van der Waals surface area contributed by atoms with Gasteiger partial charge in [-0.2, -0.15) is 0 Å². The van der Waals surface area contributed by atoms with E-state index in [4.69, 9.17) is 0 Å². The van der Waals surface area contributed by atoms with Crippen LogP contribution in [0.4, 0.5) is 28.4 Å². The highest BCUT2D eigenvalue weighted by Gasteiger charge is 2.27. The van der Waals surface area contributed by atoms with Crippen molar-refractivity contribution < 1.29 is 0 Å². The van der Waals surface area contributed by atoms with Gasteiger partial charge in [-0.3, -0.25) is 0 Å². The van der Waals surface area contributed by atoms with Crippen molar-refractivity contribution in [1.82, 2.24) is 9.13 Å². The van der Waals surface area contributed by atoms with E-state index in [1.165, 1.54) is 82.9 Å². The van der Waals surface area contributed by atoms with Gasteiger partial charge in [0.15, 0.2) is 0 Å². The normalized spacial score (nSPS) is 12.1. The molecule has 0 saturated heterocycles. The fraction of sp³-hybridized carbons (Fsp3) is 0.0952. The topological polar surface area (TPSA) is 16.3 Å². The molecule has 0 fully saturated rings. The summed E-state index contributed by atoms with van der Waals surface area (Å²) in [5.74, 6) is 0. The lowest BCUT2D eigenvalue weighted by Gasteiger charge is -2.33. The van der Waals surface area contributed by atoms with Crippen molar-refractivity contribution in [2.24, 2.45) is 0 Å². The number of benzene rings is 11. The fourth-order valence-electron chi connectivity index (χ4n) is 12.8. The molecule has 0 radical (unpaired) electrons. The molecule has 2 heterocycles. The van der Waals surface area contributed by atoms with Gasteiger partial charge >= 0.3 is 0 Å². The van der Waals surface area contributed by atoms with E-state index in [0.717, 1.165) is 74.7 Å². The van der Waals surface area contributed by atoms with Crippen LogP contribution in [0.25, 0.3) is 88.8 Å². The van der Waals surface area contributed by atoms with E-state index >= 15 is 0 Å². The van der Waals surface area contributed by atoms with Crippen LogP contribution in [-0.2, 0) is 6.42 Å². The molecule has 0 atom stereocenters. The van der Waals surface area contributed by atoms with E-state index in [9.17, 15) is 0 Å². The van der Waals surface area contributed by atoms with Crippen LogP contribution in [-0.4, -0.2) is 9.13 Å². The maximum Gasteiger partial charge on any atom is 0.0547 e. The van der Waals surface area contributed by atoms with E-state index in [-0.39, 0.29) is 0 Å². The molecular weight excluding hydrogens is 1060 g/mol. The van der Waals surface area contributed by atoms with Crippen LogP contribution in [0.1, 0.15) is 62.1 Å². The van der Waals surface area contributed by atoms with Crippen LogP contribution < -0.4 is 9.80 Å². The molecule has 13 aromatic rings. The second-order valence-corrected chi connectivity index (χ2v) is 22.1. The summed E-state index contributed by atoms with van der Waals surface area (Å²) < 4.78 is 4.92. The highest BCUT2D eigenvalue weighted by atomic mass is 15.2. The Morgan fingerprint density at radius 2 is 1.01 bits per heavy atom. The number of nitrogens with zero attached hydrogens (tertiary/aromatic N) is 4. The Morgan fingerprint density at radius 3 is 1.67 bits per heavy atom. The lowest BCUT2D eigenvalue weighted by atomic mass is 9.92. The minimum atomic E-state index is 0.838. The summed E-state index contributed by atoms with van der Waals surface area (Å²) in [5, 5.41) is 6.16. The predicted molar refractivity (Wildman–Crippen MR) is 382 cm³/mol. The van der Waals surface area contributed by atoms with Gasteiger partial charge in [0.25, 0.3) is 0 Å². The molecule has 1 aliphatic rings.